The van der Waals surface area contributed by atoms with Crippen molar-refractivity contribution in [3.63, 3.8) is 0 Å². The Labute approximate surface area is 210 Å². The standard InChI is InChI=1S/C24H21BrCl2N2O4/c1-3-32-22-11-15(13-28-29-24(30)18-6-4-5-7-21(18)31-2)10-19(25)23(22)33-14-16-8-9-17(26)12-20(16)27/h4-13H,3,14H2,1-2H3,(H,29,30)/b28-13-. The molecule has 1 N–H and O–H groups in total. The molecule has 0 saturated heterocycles. The Bertz CT molecular complexity index is 1170. The maximum absolute atomic E-state index is 12.4. The molecule has 33 heavy (non-hydrogen) atoms. The Morgan fingerprint density at radius 1 is 1.09 bits per heavy atom. The first kappa shape index (κ1) is 24.9. The number of hydrogen-bond donors (Lipinski definition) is 1. The van der Waals surface area contributed by atoms with Gasteiger partial charge in [-0.1, -0.05) is 41.4 Å². The van der Waals surface area contributed by atoms with Gasteiger partial charge in [0.1, 0.15) is 12.4 Å². The molecule has 6 nitrogen and oxygen atoms in total. The summed E-state index contributed by atoms with van der Waals surface area (Å²) in [5.74, 6) is 1.13. The van der Waals surface area contributed by atoms with E-state index in [1.54, 1.807) is 48.5 Å². The highest BCUT2D eigenvalue weighted by atomic mass is 79.9. The number of hydrazone groups is 1. The number of benzene rings is 3. The fourth-order valence-electron chi connectivity index (χ4n) is 2.91. The largest absolute Gasteiger partial charge is 0.496 e. The molecule has 0 bridgehead atoms. The van der Waals surface area contributed by atoms with Crippen molar-refractivity contribution in [1.29, 1.82) is 0 Å². The van der Waals surface area contributed by atoms with E-state index in [0.29, 0.717) is 49.5 Å². The van der Waals surface area contributed by atoms with Gasteiger partial charge in [-0.05, 0) is 64.8 Å². The zero-order chi connectivity index (χ0) is 23.8. The topological polar surface area (TPSA) is 69.2 Å². The van der Waals surface area contributed by atoms with E-state index in [0.717, 1.165) is 5.56 Å². The zero-order valence-corrected chi connectivity index (χ0v) is 21.0. The van der Waals surface area contributed by atoms with E-state index in [4.69, 9.17) is 37.4 Å². The molecule has 0 spiro atoms. The summed E-state index contributed by atoms with van der Waals surface area (Å²) < 4.78 is 17.6. The third-order valence-corrected chi connectivity index (χ3v) is 5.63. The molecule has 0 atom stereocenters. The third kappa shape index (κ3) is 6.63. The average molecular weight is 552 g/mol. The van der Waals surface area contributed by atoms with Crippen LogP contribution in [0.3, 0.4) is 0 Å². The van der Waals surface area contributed by atoms with Crippen molar-refractivity contribution in [2.75, 3.05) is 13.7 Å². The predicted octanol–water partition coefficient (Wildman–Crippen LogP) is 6.51. The predicted molar refractivity (Wildman–Crippen MR) is 134 cm³/mol. The zero-order valence-electron chi connectivity index (χ0n) is 17.9. The lowest BCUT2D eigenvalue weighted by Gasteiger charge is -2.15. The van der Waals surface area contributed by atoms with Gasteiger partial charge in [-0.25, -0.2) is 5.43 Å². The second kappa shape index (κ2) is 11.9. The van der Waals surface area contributed by atoms with Crippen molar-refractivity contribution in [3.05, 3.63) is 85.8 Å². The molecule has 3 aromatic carbocycles. The minimum Gasteiger partial charge on any atom is -0.496 e. The van der Waals surface area contributed by atoms with Crippen LogP contribution in [-0.2, 0) is 6.61 Å². The number of methoxy groups -OCH3 is 1. The summed E-state index contributed by atoms with van der Waals surface area (Å²) in [6.07, 6.45) is 1.51. The summed E-state index contributed by atoms with van der Waals surface area (Å²) >= 11 is 15.7. The summed E-state index contributed by atoms with van der Waals surface area (Å²) in [5.41, 5.74) is 4.38. The molecule has 9 heteroatoms. The lowest BCUT2D eigenvalue weighted by Crippen LogP contribution is -2.18. The van der Waals surface area contributed by atoms with Gasteiger partial charge in [0.25, 0.3) is 5.91 Å². The number of nitrogens with one attached hydrogen (secondary N) is 1. The second-order valence-corrected chi connectivity index (χ2v) is 8.38. The van der Waals surface area contributed by atoms with Crippen molar-refractivity contribution in [2.45, 2.75) is 13.5 Å². The molecule has 0 aliphatic rings. The lowest BCUT2D eigenvalue weighted by atomic mass is 10.2. The van der Waals surface area contributed by atoms with E-state index in [9.17, 15) is 4.79 Å². The maximum atomic E-state index is 12.4. The fraction of sp³-hybridized carbons (Fsp3) is 0.167. The first-order valence-electron chi connectivity index (χ1n) is 9.92. The molecule has 0 aromatic heterocycles. The average Bonchev–Trinajstić information content (AvgIpc) is 2.79. The van der Waals surface area contributed by atoms with Crippen LogP contribution in [-0.4, -0.2) is 25.8 Å². The van der Waals surface area contributed by atoms with Gasteiger partial charge in [0.05, 0.1) is 30.0 Å². The summed E-state index contributed by atoms with van der Waals surface area (Å²) in [5, 5.41) is 5.13. The Morgan fingerprint density at radius 2 is 1.88 bits per heavy atom. The van der Waals surface area contributed by atoms with Crippen LogP contribution in [0.5, 0.6) is 17.2 Å². The van der Waals surface area contributed by atoms with Crippen LogP contribution in [0.1, 0.15) is 28.4 Å². The summed E-state index contributed by atoms with van der Waals surface area (Å²) in [6.45, 7) is 2.55. The second-order valence-electron chi connectivity index (χ2n) is 6.69. The van der Waals surface area contributed by atoms with Crippen LogP contribution in [0.4, 0.5) is 0 Å². The molecule has 0 aliphatic heterocycles. The van der Waals surface area contributed by atoms with E-state index < -0.39 is 0 Å². The highest BCUT2D eigenvalue weighted by molar-refractivity contribution is 9.10. The number of ether oxygens (including phenoxy) is 3. The SMILES string of the molecule is CCOc1cc(/C=N\NC(=O)c2ccccc2OC)cc(Br)c1OCc1ccc(Cl)cc1Cl. The first-order valence-corrected chi connectivity index (χ1v) is 11.5. The van der Waals surface area contributed by atoms with E-state index >= 15 is 0 Å². The normalized spacial score (nSPS) is 10.8. The van der Waals surface area contributed by atoms with Crippen molar-refractivity contribution in [1.82, 2.24) is 5.43 Å². The highest BCUT2D eigenvalue weighted by Crippen LogP contribution is 2.37. The highest BCUT2D eigenvalue weighted by Gasteiger charge is 2.14. The van der Waals surface area contributed by atoms with E-state index in [-0.39, 0.29) is 12.5 Å². The number of rotatable bonds is 9. The Balaban J connectivity index is 1.75. The fourth-order valence-corrected chi connectivity index (χ4v) is 3.95. The number of carbonyl (C=O) groups excluding carboxylic acids is 1. The van der Waals surface area contributed by atoms with Crippen molar-refractivity contribution >= 4 is 51.3 Å². The minimum absolute atomic E-state index is 0.233. The van der Waals surface area contributed by atoms with Gasteiger partial charge < -0.3 is 14.2 Å². The summed E-state index contributed by atoms with van der Waals surface area (Å²) in [4.78, 5) is 12.4. The number of halogens is 3. The van der Waals surface area contributed by atoms with Gasteiger partial charge in [-0.15, -0.1) is 0 Å². The molecule has 172 valence electrons. The maximum Gasteiger partial charge on any atom is 0.275 e. The number of carbonyl (C=O) groups is 1. The molecule has 3 rings (SSSR count). The number of para-hydroxylation sites is 1. The molecule has 0 saturated carbocycles. The third-order valence-electron chi connectivity index (χ3n) is 4.45. The Hall–Kier alpha value is -2.74. The molecule has 0 radical (unpaired) electrons. The van der Waals surface area contributed by atoms with Gasteiger partial charge in [0.15, 0.2) is 11.5 Å². The van der Waals surface area contributed by atoms with Crippen molar-refractivity contribution < 1.29 is 19.0 Å². The molecular formula is C24H21BrCl2N2O4. The smallest absolute Gasteiger partial charge is 0.275 e. The molecule has 0 unspecified atom stereocenters. The van der Waals surface area contributed by atoms with Crippen LogP contribution < -0.4 is 19.6 Å². The first-order chi connectivity index (χ1) is 15.9. The van der Waals surface area contributed by atoms with Gasteiger partial charge >= 0.3 is 0 Å². The quantitative estimate of drug-likeness (QED) is 0.243. The molecular weight excluding hydrogens is 531 g/mol. The molecule has 0 heterocycles. The molecule has 0 fully saturated rings. The van der Waals surface area contributed by atoms with Gasteiger partial charge in [-0.2, -0.15) is 5.10 Å². The van der Waals surface area contributed by atoms with Crippen LogP contribution in [0.2, 0.25) is 10.0 Å². The van der Waals surface area contributed by atoms with Gasteiger partial charge in [0.2, 0.25) is 0 Å². The van der Waals surface area contributed by atoms with Crippen LogP contribution in [0, 0.1) is 0 Å². The Kier molecular flexibility index (Phi) is 9.00. The van der Waals surface area contributed by atoms with Crippen molar-refractivity contribution in [3.8, 4) is 17.2 Å². The Morgan fingerprint density at radius 3 is 2.61 bits per heavy atom. The molecule has 3 aromatic rings. The van der Waals surface area contributed by atoms with Crippen LogP contribution >= 0.6 is 39.1 Å². The lowest BCUT2D eigenvalue weighted by molar-refractivity contribution is 0.0952. The van der Waals surface area contributed by atoms with E-state index in [1.165, 1.54) is 13.3 Å². The number of hydrogen-bond acceptors (Lipinski definition) is 5. The van der Waals surface area contributed by atoms with Crippen LogP contribution in [0.25, 0.3) is 0 Å². The van der Waals surface area contributed by atoms with E-state index in [2.05, 4.69) is 26.5 Å². The monoisotopic (exact) mass is 550 g/mol. The summed E-state index contributed by atoms with van der Waals surface area (Å²) in [6, 6.07) is 15.7. The van der Waals surface area contributed by atoms with Gasteiger partial charge in [-0.3, -0.25) is 4.79 Å². The summed E-state index contributed by atoms with van der Waals surface area (Å²) in [7, 11) is 1.51. The molecule has 0 aliphatic carbocycles. The molecule has 1 amide bonds. The minimum atomic E-state index is -0.382. The van der Waals surface area contributed by atoms with Crippen LogP contribution in [0.15, 0.2) is 64.2 Å². The van der Waals surface area contributed by atoms with E-state index in [1.807, 2.05) is 13.0 Å². The van der Waals surface area contributed by atoms with Gasteiger partial charge in [0, 0.05) is 15.6 Å². The number of amides is 1. The van der Waals surface area contributed by atoms with Crippen molar-refractivity contribution in [2.24, 2.45) is 5.10 Å². The number of nitrogens with zero attached hydrogens (tertiary/aromatic N) is 1.